The van der Waals surface area contributed by atoms with Gasteiger partial charge in [0.2, 0.25) is 0 Å². The maximum absolute atomic E-state index is 12.3. The Balaban J connectivity index is 2.10. The van der Waals surface area contributed by atoms with Gasteiger partial charge in [-0.2, -0.15) is 12.7 Å². The van der Waals surface area contributed by atoms with E-state index >= 15 is 0 Å². The van der Waals surface area contributed by atoms with Crippen LogP contribution < -0.4 is 4.72 Å². The molecule has 0 radical (unpaired) electrons. The Morgan fingerprint density at radius 2 is 2.05 bits per heavy atom. The average molecular weight is 384 g/mol. The van der Waals surface area contributed by atoms with Crippen molar-refractivity contribution in [1.29, 1.82) is 0 Å². The van der Waals surface area contributed by atoms with Crippen molar-refractivity contribution < 1.29 is 13.5 Å². The van der Waals surface area contributed by atoms with Gasteiger partial charge in [-0.25, -0.2) is 0 Å². The van der Waals surface area contributed by atoms with E-state index < -0.39 is 10.2 Å². The van der Waals surface area contributed by atoms with Gasteiger partial charge in [-0.1, -0.05) is 17.7 Å². The molecule has 1 aromatic rings. The predicted molar refractivity (Wildman–Crippen MR) is 83.1 cm³/mol. The van der Waals surface area contributed by atoms with Crippen molar-refractivity contribution in [1.82, 2.24) is 4.31 Å². The first-order valence-electron chi connectivity index (χ1n) is 6.27. The first-order valence-corrected chi connectivity index (χ1v) is 8.88. The Kier molecular flexibility index (Phi) is 5.30. The van der Waals surface area contributed by atoms with Gasteiger partial charge in [0.1, 0.15) is 0 Å². The topological polar surface area (TPSA) is 69.6 Å². The Hall–Kier alpha value is -0.340. The molecule has 1 aliphatic heterocycles. The van der Waals surface area contributed by atoms with E-state index in [9.17, 15) is 8.42 Å². The minimum absolute atomic E-state index is 0.112. The fourth-order valence-electron chi connectivity index (χ4n) is 2.12. The summed E-state index contributed by atoms with van der Waals surface area (Å²) in [5.74, 6) is 0.194. The number of nitrogens with one attached hydrogen (secondary N) is 1. The van der Waals surface area contributed by atoms with Crippen molar-refractivity contribution in [3.63, 3.8) is 0 Å². The van der Waals surface area contributed by atoms with Crippen LogP contribution in [0.3, 0.4) is 0 Å². The zero-order chi connectivity index (χ0) is 14.8. The summed E-state index contributed by atoms with van der Waals surface area (Å²) >= 11 is 9.21. The Labute approximate surface area is 132 Å². The number of nitrogens with zero attached hydrogens (tertiary/aromatic N) is 1. The van der Waals surface area contributed by atoms with Crippen molar-refractivity contribution in [3.05, 3.63) is 27.7 Å². The van der Waals surface area contributed by atoms with Crippen LogP contribution in [0.4, 0.5) is 5.69 Å². The third-order valence-corrected chi connectivity index (χ3v) is 6.28. The number of aliphatic hydroxyl groups excluding tert-OH is 1. The minimum atomic E-state index is -3.59. The SMILES string of the molecule is O=S(=O)(Nc1cccc(Cl)c1Br)N1CCC(CO)CC1. The van der Waals surface area contributed by atoms with Gasteiger partial charge in [-0.15, -0.1) is 0 Å². The van der Waals surface area contributed by atoms with Crippen LogP contribution in [0.1, 0.15) is 12.8 Å². The molecule has 0 unspecified atom stereocenters. The first kappa shape index (κ1) is 16.0. The van der Waals surface area contributed by atoms with Gasteiger partial charge in [0, 0.05) is 19.7 Å². The number of hydrogen-bond donors (Lipinski definition) is 2. The van der Waals surface area contributed by atoms with Crippen LogP contribution in [0.2, 0.25) is 5.02 Å². The minimum Gasteiger partial charge on any atom is -0.396 e. The molecule has 0 atom stereocenters. The van der Waals surface area contributed by atoms with Crippen LogP contribution in [0.25, 0.3) is 0 Å². The van der Waals surface area contributed by atoms with Gasteiger partial charge in [-0.05, 0) is 46.8 Å². The summed E-state index contributed by atoms with van der Waals surface area (Å²) < 4.78 is 29.1. The Morgan fingerprint density at radius 1 is 1.40 bits per heavy atom. The molecule has 1 fully saturated rings. The molecule has 2 N–H and O–H groups in total. The van der Waals surface area contributed by atoms with Crippen LogP contribution in [-0.4, -0.2) is 37.5 Å². The van der Waals surface area contributed by atoms with Gasteiger partial charge in [0.25, 0.3) is 0 Å². The molecule has 1 heterocycles. The maximum Gasteiger partial charge on any atom is 0.301 e. The van der Waals surface area contributed by atoms with E-state index in [-0.39, 0.29) is 12.5 Å². The van der Waals surface area contributed by atoms with Crippen LogP contribution >= 0.6 is 27.5 Å². The lowest BCUT2D eigenvalue weighted by molar-refractivity contribution is 0.170. The lowest BCUT2D eigenvalue weighted by atomic mass is 10.00. The molecule has 0 spiro atoms. The summed E-state index contributed by atoms with van der Waals surface area (Å²) in [6.45, 7) is 0.943. The second kappa shape index (κ2) is 6.62. The Morgan fingerprint density at radius 3 is 2.65 bits per heavy atom. The molecule has 0 aliphatic carbocycles. The van der Waals surface area contributed by atoms with E-state index in [1.165, 1.54) is 4.31 Å². The summed E-state index contributed by atoms with van der Waals surface area (Å²) in [4.78, 5) is 0. The standard InChI is InChI=1S/C12H16BrClN2O3S/c13-12-10(14)2-1-3-11(12)15-20(18,19)16-6-4-9(8-17)5-7-16/h1-3,9,15,17H,4-8H2. The molecule has 0 amide bonds. The summed E-state index contributed by atoms with van der Waals surface area (Å²) in [6, 6.07) is 5.01. The van der Waals surface area contributed by atoms with E-state index in [1.807, 2.05) is 0 Å². The normalized spacial score (nSPS) is 18.1. The molecular formula is C12H16BrClN2O3S. The highest BCUT2D eigenvalue weighted by Crippen LogP contribution is 2.31. The van der Waals surface area contributed by atoms with E-state index in [0.29, 0.717) is 41.1 Å². The number of aliphatic hydroxyl groups is 1. The first-order chi connectivity index (χ1) is 9.44. The number of benzene rings is 1. The number of piperidine rings is 1. The highest BCUT2D eigenvalue weighted by molar-refractivity contribution is 9.10. The number of anilines is 1. The second-order valence-electron chi connectivity index (χ2n) is 4.73. The quantitative estimate of drug-likeness (QED) is 0.839. The molecule has 0 saturated carbocycles. The van der Waals surface area contributed by atoms with Crippen LogP contribution in [0.5, 0.6) is 0 Å². The maximum atomic E-state index is 12.3. The van der Waals surface area contributed by atoms with Gasteiger partial charge in [-0.3, -0.25) is 4.72 Å². The molecule has 2 rings (SSSR count). The van der Waals surface area contributed by atoms with Crippen molar-refractivity contribution in [3.8, 4) is 0 Å². The van der Waals surface area contributed by atoms with Crippen LogP contribution in [0, 0.1) is 5.92 Å². The largest absolute Gasteiger partial charge is 0.396 e. The number of hydrogen-bond acceptors (Lipinski definition) is 3. The molecule has 8 heteroatoms. The average Bonchev–Trinajstić information content (AvgIpc) is 2.44. The summed E-state index contributed by atoms with van der Waals surface area (Å²) in [5, 5.41) is 9.53. The van der Waals surface area contributed by atoms with E-state index in [2.05, 4.69) is 20.7 Å². The molecule has 1 aliphatic rings. The summed E-state index contributed by atoms with van der Waals surface area (Å²) in [7, 11) is -3.59. The van der Waals surface area contributed by atoms with Crippen molar-refractivity contribution in [2.24, 2.45) is 5.92 Å². The fourth-order valence-corrected chi connectivity index (χ4v) is 4.06. The highest BCUT2D eigenvalue weighted by atomic mass is 79.9. The van der Waals surface area contributed by atoms with Crippen molar-refractivity contribution in [2.75, 3.05) is 24.4 Å². The molecule has 1 aromatic carbocycles. The molecular weight excluding hydrogens is 368 g/mol. The number of halogens is 2. The van der Waals surface area contributed by atoms with E-state index in [0.717, 1.165) is 0 Å². The van der Waals surface area contributed by atoms with Crippen molar-refractivity contribution in [2.45, 2.75) is 12.8 Å². The van der Waals surface area contributed by atoms with E-state index in [4.69, 9.17) is 16.7 Å². The molecule has 0 bridgehead atoms. The predicted octanol–water partition coefficient (Wildman–Crippen LogP) is 2.46. The van der Waals surface area contributed by atoms with Crippen molar-refractivity contribution >= 4 is 43.4 Å². The smallest absolute Gasteiger partial charge is 0.301 e. The van der Waals surface area contributed by atoms with Gasteiger partial charge < -0.3 is 5.11 Å². The van der Waals surface area contributed by atoms with Gasteiger partial charge in [0.15, 0.2) is 0 Å². The summed E-state index contributed by atoms with van der Waals surface area (Å²) in [5.41, 5.74) is 0.418. The third kappa shape index (κ3) is 3.65. The molecule has 0 aromatic heterocycles. The molecule has 5 nitrogen and oxygen atoms in total. The fraction of sp³-hybridized carbons (Fsp3) is 0.500. The molecule has 1 saturated heterocycles. The van der Waals surface area contributed by atoms with Crippen LogP contribution in [-0.2, 0) is 10.2 Å². The van der Waals surface area contributed by atoms with Gasteiger partial charge >= 0.3 is 10.2 Å². The van der Waals surface area contributed by atoms with Crippen LogP contribution in [0.15, 0.2) is 22.7 Å². The lowest BCUT2D eigenvalue weighted by Crippen LogP contribution is -2.42. The second-order valence-corrected chi connectivity index (χ2v) is 7.60. The third-order valence-electron chi connectivity index (χ3n) is 3.36. The zero-order valence-electron chi connectivity index (χ0n) is 10.7. The molecule has 20 heavy (non-hydrogen) atoms. The number of rotatable bonds is 4. The molecule has 112 valence electrons. The summed E-state index contributed by atoms with van der Waals surface area (Å²) in [6.07, 6.45) is 1.35. The van der Waals surface area contributed by atoms with Gasteiger partial charge in [0.05, 0.1) is 15.2 Å². The zero-order valence-corrected chi connectivity index (χ0v) is 13.9. The van der Waals surface area contributed by atoms with E-state index in [1.54, 1.807) is 18.2 Å². The Bertz CT molecular complexity index is 574. The lowest BCUT2D eigenvalue weighted by Gasteiger charge is -2.30. The monoisotopic (exact) mass is 382 g/mol. The highest BCUT2D eigenvalue weighted by Gasteiger charge is 2.28.